The van der Waals surface area contributed by atoms with E-state index in [1.807, 2.05) is 18.2 Å². The van der Waals surface area contributed by atoms with Gasteiger partial charge in [-0.3, -0.25) is 0 Å². The zero-order chi connectivity index (χ0) is 9.10. The van der Waals surface area contributed by atoms with Crippen LogP contribution in [-0.4, -0.2) is 4.98 Å². The third-order valence-corrected chi connectivity index (χ3v) is 2.09. The Bertz CT molecular complexity index is 383. The minimum atomic E-state index is 0.679. The number of halogens is 1. The van der Waals surface area contributed by atoms with E-state index in [0.29, 0.717) is 4.67 Å². The van der Waals surface area contributed by atoms with Crippen LogP contribution in [0, 0.1) is 0 Å². The van der Waals surface area contributed by atoms with Crippen molar-refractivity contribution in [3.63, 3.8) is 0 Å². The zero-order valence-electron chi connectivity index (χ0n) is 6.90. The minimum absolute atomic E-state index is 0.679. The summed E-state index contributed by atoms with van der Waals surface area (Å²) in [6.07, 6.45) is 2.41. The lowest BCUT2D eigenvalue weighted by Gasteiger charge is -1.94. The summed E-state index contributed by atoms with van der Waals surface area (Å²) in [7, 11) is 0. The van der Waals surface area contributed by atoms with Crippen LogP contribution < -0.4 is 0 Å². The lowest BCUT2D eigenvalue weighted by molar-refractivity contribution is 0.486. The molecule has 0 saturated heterocycles. The summed E-state index contributed by atoms with van der Waals surface area (Å²) < 4.78 is 5.97. The second-order valence-corrected chi connectivity index (χ2v) is 3.50. The van der Waals surface area contributed by atoms with Gasteiger partial charge in [0.25, 0.3) is 0 Å². The Balaban J connectivity index is 2.15. The highest BCUT2D eigenvalue weighted by Gasteiger charge is 2.01. The molecular weight excluding hydrogens is 230 g/mol. The second-order valence-electron chi connectivity index (χ2n) is 2.72. The van der Waals surface area contributed by atoms with Crippen LogP contribution in [0.4, 0.5) is 0 Å². The van der Waals surface area contributed by atoms with Gasteiger partial charge in [-0.15, -0.1) is 0 Å². The molecule has 3 heteroatoms. The maximum atomic E-state index is 5.29. The molecule has 2 nitrogen and oxygen atoms in total. The monoisotopic (exact) mass is 237 g/mol. The molecule has 0 bridgehead atoms. The molecule has 0 amide bonds. The van der Waals surface area contributed by atoms with Crippen LogP contribution in [0.15, 0.2) is 45.6 Å². The maximum Gasteiger partial charge on any atom is 0.200 e. The number of nitrogens with zero attached hydrogens (tertiary/aromatic N) is 1. The van der Waals surface area contributed by atoms with Gasteiger partial charge >= 0.3 is 0 Å². The molecule has 0 radical (unpaired) electrons. The van der Waals surface area contributed by atoms with Gasteiger partial charge in [-0.1, -0.05) is 30.3 Å². The molecule has 0 unspecified atom stereocenters. The van der Waals surface area contributed by atoms with Gasteiger partial charge in [0.05, 0.1) is 6.20 Å². The molecule has 0 aliphatic heterocycles. The Morgan fingerprint density at radius 3 is 2.62 bits per heavy atom. The molecular formula is C10H8BrNO. The first-order valence-electron chi connectivity index (χ1n) is 3.99. The van der Waals surface area contributed by atoms with Crippen LogP contribution in [-0.2, 0) is 6.42 Å². The van der Waals surface area contributed by atoms with Gasteiger partial charge in [0.1, 0.15) is 0 Å². The van der Waals surface area contributed by atoms with Gasteiger partial charge in [-0.2, -0.15) is 0 Å². The fraction of sp³-hybridized carbons (Fsp3) is 0.100. The van der Waals surface area contributed by atoms with E-state index < -0.39 is 0 Å². The Morgan fingerprint density at radius 2 is 2.00 bits per heavy atom. The summed E-state index contributed by atoms with van der Waals surface area (Å²) in [5.74, 6) is 0.734. The summed E-state index contributed by atoms with van der Waals surface area (Å²) in [6.45, 7) is 0. The van der Waals surface area contributed by atoms with E-state index in [1.54, 1.807) is 6.20 Å². The third kappa shape index (κ3) is 2.18. The molecule has 0 aliphatic rings. The van der Waals surface area contributed by atoms with E-state index in [4.69, 9.17) is 4.42 Å². The van der Waals surface area contributed by atoms with Crippen molar-refractivity contribution in [2.75, 3.05) is 0 Å². The van der Waals surface area contributed by atoms with Gasteiger partial charge in [0.15, 0.2) is 10.6 Å². The number of benzene rings is 1. The lowest BCUT2D eigenvalue weighted by Crippen LogP contribution is -1.86. The van der Waals surface area contributed by atoms with Crippen molar-refractivity contribution in [1.29, 1.82) is 0 Å². The fourth-order valence-electron chi connectivity index (χ4n) is 1.14. The number of hydrogen-bond donors (Lipinski definition) is 0. The Morgan fingerprint density at radius 1 is 1.23 bits per heavy atom. The van der Waals surface area contributed by atoms with Crippen molar-refractivity contribution in [3.8, 4) is 0 Å². The Kier molecular flexibility index (Phi) is 2.45. The number of rotatable bonds is 2. The summed E-state index contributed by atoms with van der Waals surface area (Å²) in [6, 6.07) is 10.1. The minimum Gasteiger partial charge on any atom is -0.434 e. The zero-order valence-corrected chi connectivity index (χ0v) is 8.49. The highest BCUT2D eigenvalue weighted by molar-refractivity contribution is 9.10. The van der Waals surface area contributed by atoms with Crippen LogP contribution in [0.1, 0.15) is 11.5 Å². The lowest BCUT2D eigenvalue weighted by atomic mass is 10.2. The number of aromatic nitrogens is 1. The first-order chi connectivity index (χ1) is 6.34. The largest absolute Gasteiger partial charge is 0.434 e. The van der Waals surface area contributed by atoms with Crippen LogP contribution in [0.25, 0.3) is 0 Å². The van der Waals surface area contributed by atoms with Crippen LogP contribution in [0.2, 0.25) is 0 Å². The van der Waals surface area contributed by atoms with Crippen molar-refractivity contribution in [2.24, 2.45) is 0 Å². The second kappa shape index (κ2) is 3.75. The molecule has 0 aliphatic carbocycles. The molecule has 2 aromatic rings. The van der Waals surface area contributed by atoms with Crippen LogP contribution in [0.3, 0.4) is 0 Å². The summed E-state index contributed by atoms with van der Waals surface area (Å²) >= 11 is 3.22. The van der Waals surface area contributed by atoms with E-state index in [1.165, 1.54) is 5.56 Å². The van der Waals surface area contributed by atoms with Crippen molar-refractivity contribution < 1.29 is 4.42 Å². The Labute approximate surface area is 84.7 Å². The van der Waals surface area contributed by atoms with Crippen LogP contribution >= 0.6 is 15.9 Å². The highest BCUT2D eigenvalue weighted by atomic mass is 79.9. The fourth-order valence-corrected chi connectivity index (χ4v) is 1.43. The third-order valence-electron chi connectivity index (χ3n) is 1.72. The van der Waals surface area contributed by atoms with Crippen LogP contribution in [0.5, 0.6) is 0 Å². The van der Waals surface area contributed by atoms with Crippen molar-refractivity contribution in [2.45, 2.75) is 6.42 Å². The summed E-state index contributed by atoms with van der Waals surface area (Å²) in [5.41, 5.74) is 1.21. The van der Waals surface area contributed by atoms with Crippen molar-refractivity contribution in [3.05, 3.63) is 52.7 Å². The molecule has 1 aromatic heterocycles. The van der Waals surface area contributed by atoms with E-state index in [-0.39, 0.29) is 0 Å². The molecule has 0 N–H and O–H groups in total. The van der Waals surface area contributed by atoms with Gasteiger partial charge in [0.2, 0.25) is 0 Å². The van der Waals surface area contributed by atoms with Crippen molar-refractivity contribution in [1.82, 2.24) is 4.98 Å². The SMILES string of the molecule is Brc1cnc(Cc2ccccc2)o1. The first-order valence-corrected chi connectivity index (χ1v) is 4.78. The predicted molar refractivity (Wildman–Crippen MR) is 53.5 cm³/mol. The van der Waals surface area contributed by atoms with Gasteiger partial charge in [-0.05, 0) is 21.5 Å². The molecule has 0 spiro atoms. The first kappa shape index (κ1) is 8.51. The maximum absolute atomic E-state index is 5.29. The van der Waals surface area contributed by atoms with Gasteiger partial charge < -0.3 is 4.42 Å². The van der Waals surface area contributed by atoms with Crippen molar-refractivity contribution >= 4 is 15.9 Å². The quantitative estimate of drug-likeness (QED) is 0.803. The van der Waals surface area contributed by atoms with E-state index in [2.05, 4.69) is 33.0 Å². The normalized spacial score (nSPS) is 10.2. The average molecular weight is 238 g/mol. The van der Waals surface area contributed by atoms with Gasteiger partial charge in [-0.25, -0.2) is 4.98 Å². The number of hydrogen-bond acceptors (Lipinski definition) is 2. The average Bonchev–Trinajstić information content (AvgIpc) is 2.53. The summed E-state index contributed by atoms with van der Waals surface area (Å²) in [5, 5.41) is 0. The molecule has 0 fully saturated rings. The number of oxazole rings is 1. The summed E-state index contributed by atoms with van der Waals surface area (Å²) in [4.78, 5) is 4.10. The topological polar surface area (TPSA) is 26.0 Å². The molecule has 2 rings (SSSR count). The molecule has 1 aromatic carbocycles. The highest BCUT2D eigenvalue weighted by Crippen LogP contribution is 2.13. The molecule has 0 atom stereocenters. The molecule has 0 saturated carbocycles. The van der Waals surface area contributed by atoms with E-state index in [9.17, 15) is 0 Å². The van der Waals surface area contributed by atoms with Gasteiger partial charge in [0, 0.05) is 6.42 Å². The smallest absolute Gasteiger partial charge is 0.200 e. The Hall–Kier alpha value is -1.09. The molecule has 66 valence electrons. The van der Waals surface area contributed by atoms with E-state index in [0.717, 1.165) is 12.3 Å². The standard InChI is InChI=1S/C10H8BrNO/c11-9-7-12-10(13-9)6-8-4-2-1-3-5-8/h1-5,7H,6H2. The predicted octanol–water partition coefficient (Wildman–Crippen LogP) is 3.03. The molecule has 13 heavy (non-hydrogen) atoms. The van der Waals surface area contributed by atoms with E-state index >= 15 is 0 Å². The molecule has 1 heterocycles.